The molecular weight excluding hydrogens is 92.1 g/mol. The van der Waals surface area contributed by atoms with E-state index in [4.69, 9.17) is 5.84 Å². The van der Waals surface area contributed by atoms with Crippen LogP contribution in [0.5, 0.6) is 0 Å². The molecule has 0 bridgehead atoms. The Bertz CT molecular complexity index is 77.0. The Balaban J connectivity index is 3.35. The van der Waals surface area contributed by atoms with E-state index in [0.717, 1.165) is 0 Å². The summed E-state index contributed by atoms with van der Waals surface area (Å²) in [5, 5.41) is 8.01. The zero-order valence-electron chi connectivity index (χ0n) is 4.20. The minimum Gasteiger partial charge on any atom is -0.322 e. The van der Waals surface area contributed by atoms with Crippen molar-refractivity contribution in [2.24, 2.45) is 16.0 Å². The molecule has 7 heavy (non-hydrogen) atoms. The summed E-state index contributed by atoms with van der Waals surface area (Å²) in [6.07, 6.45) is 1.35. The number of hydrogen-bond acceptors (Lipinski definition) is 3. The molecule has 0 aliphatic rings. The van der Waals surface area contributed by atoms with Gasteiger partial charge in [0.2, 0.25) is 0 Å². The normalized spacial score (nSPS) is 9.29. The van der Waals surface area contributed by atoms with E-state index in [2.05, 4.69) is 16.9 Å². The Morgan fingerprint density at radius 3 is 2.57 bits per heavy atom. The first-order chi connectivity index (χ1) is 3.31. The lowest BCUT2D eigenvalue weighted by Gasteiger charge is -1.98. The molecule has 4 nitrogen and oxygen atoms in total. The Labute approximate surface area is 42.3 Å². The first-order valence-electron chi connectivity index (χ1n) is 1.74. The van der Waals surface area contributed by atoms with Gasteiger partial charge in [-0.25, -0.2) is 0 Å². The zero-order valence-corrected chi connectivity index (χ0v) is 4.20. The van der Waals surface area contributed by atoms with Crippen LogP contribution in [0.25, 0.3) is 0 Å². The highest BCUT2D eigenvalue weighted by molar-refractivity contribution is 5.54. The molecule has 0 radical (unpaired) electrons. The summed E-state index contributed by atoms with van der Waals surface area (Å²) in [4.78, 5) is 0. The molecule has 0 saturated carbocycles. The molecule has 0 aromatic carbocycles. The number of hydrazone groups is 2. The summed E-state index contributed by atoms with van der Waals surface area (Å²) in [5.41, 5.74) is 0. The smallest absolute Gasteiger partial charge is 0.131 e. The Morgan fingerprint density at radius 1 is 1.86 bits per heavy atom. The van der Waals surface area contributed by atoms with E-state index in [1.165, 1.54) is 11.3 Å². The van der Waals surface area contributed by atoms with Gasteiger partial charge in [-0.15, -0.1) is 0 Å². The topological polar surface area (TPSA) is 54.0 Å². The molecule has 4 heteroatoms. The predicted molar refractivity (Wildman–Crippen MR) is 30.0 cm³/mol. The lowest BCUT2D eigenvalue weighted by molar-refractivity contribution is 0.565. The maximum atomic E-state index is 4.74. The van der Waals surface area contributed by atoms with Gasteiger partial charge >= 0.3 is 0 Å². The highest BCUT2D eigenvalue weighted by Gasteiger charge is 1.74. The van der Waals surface area contributed by atoms with Crippen LogP contribution in [-0.2, 0) is 0 Å². The van der Waals surface area contributed by atoms with E-state index in [1.54, 1.807) is 7.05 Å². The van der Waals surface area contributed by atoms with Crippen LogP contribution in [0.2, 0.25) is 0 Å². The average molecular weight is 100 g/mol. The van der Waals surface area contributed by atoms with Gasteiger partial charge in [0.05, 0.1) is 0 Å². The van der Waals surface area contributed by atoms with Crippen molar-refractivity contribution in [3.63, 3.8) is 0 Å². The van der Waals surface area contributed by atoms with E-state index in [-0.39, 0.29) is 0 Å². The quantitative estimate of drug-likeness (QED) is 0.219. The molecular formula is C3H8N4. The second-order valence-corrected chi connectivity index (χ2v) is 0.980. The molecule has 0 aromatic rings. The molecule has 0 unspecified atom stereocenters. The largest absolute Gasteiger partial charge is 0.322 e. The fourth-order valence-corrected chi connectivity index (χ4v) is 0.133. The molecule has 0 aliphatic heterocycles. The van der Waals surface area contributed by atoms with Crippen LogP contribution in [0.15, 0.2) is 10.2 Å². The van der Waals surface area contributed by atoms with Crippen molar-refractivity contribution in [2.75, 3.05) is 7.05 Å². The lowest BCUT2D eigenvalue weighted by Crippen LogP contribution is -2.07. The van der Waals surface area contributed by atoms with Gasteiger partial charge in [0.15, 0.2) is 0 Å². The van der Waals surface area contributed by atoms with Gasteiger partial charge in [-0.05, 0) is 0 Å². The van der Waals surface area contributed by atoms with E-state index in [1.807, 2.05) is 0 Å². The summed E-state index contributed by atoms with van der Waals surface area (Å²) < 4.78 is 0. The first kappa shape index (κ1) is 5.94. The van der Waals surface area contributed by atoms with Gasteiger partial charge < -0.3 is 5.84 Å². The van der Waals surface area contributed by atoms with E-state index >= 15 is 0 Å². The van der Waals surface area contributed by atoms with Gasteiger partial charge in [-0.1, -0.05) is 0 Å². The Morgan fingerprint density at radius 2 is 2.43 bits per heavy atom. The summed E-state index contributed by atoms with van der Waals surface area (Å²) in [7, 11) is 1.68. The minimum absolute atomic E-state index is 1.35. The molecule has 0 saturated heterocycles. The standard InChI is InChI=1S/C3H8N4/c1-5-7(2)3-6-4/h3H,1,4H2,2H3/b6-3-. The molecule has 0 fully saturated rings. The molecule has 2 N–H and O–H groups in total. The first-order valence-corrected chi connectivity index (χ1v) is 1.74. The van der Waals surface area contributed by atoms with Crippen molar-refractivity contribution in [2.45, 2.75) is 0 Å². The van der Waals surface area contributed by atoms with Crippen LogP contribution >= 0.6 is 0 Å². The number of hydrogen-bond donors (Lipinski definition) is 1. The van der Waals surface area contributed by atoms with E-state index in [0.29, 0.717) is 0 Å². The van der Waals surface area contributed by atoms with Crippen LogP contribution in [0.4, 0.5) is 0 Å². The van der Waals surface area contributed by atoms with Gasteiger partial charge in [-0.2, -0.15) is 10.2 Å². The SMILES string of the molecule is C=NN(C)/C=N\N. The average Bonchev–Trinajstić information content (AvgIpc) is 1.68. The highest BCUT2D eigenvalue weighted by Crippen LogP contribution is 1.68. The van der Waals surface area contributed by atoms with Crippen LogP contribution in [0.1, 0.15) is 0 Å². The summed E-state index contributed by atoms with van der Waals surface area (Å²) in [5.74, 6) is 4.74. The summed E-state index contributed by atoms with van der Waals surface area (Å²) in [6.45, 7) is 3.21. The van der Waals surface area contributed by atoms with Crippen molar-refractivity contribution in [1.82, 2.24) is 5.01 Å². The van der Waals surface area contributed by atoms with Crippen molar-refractivity contribution in [3.05, 3.63) is 0 Å². The second-order valence-electron chi connectivity index (χ2n) is 0.980. The number of rotatable bonds is 2. The molecule has 0 aromatic heterocycles. The summed E-state index contributed by atoms with van der Waals surface area (Å²) in [6, 6.07) is 0. The fraction of sp³-hybridized carbons (Fsp3) is 0.333. The van der Waals surface area contributed by atoms with Crippen molar-refractivity contribution in [1.29, 1.82) is 0 Å². The Kier molecular flexibility index (Phi) is 2.67. The van der Waals surface area contributed by atoms with Crippen molar-refractivity contribution < 1.29 is 0 Å². The van der Waals surface area contributed by atoms with Crippen LogP contribution in [0, 0.1) is 0 Å². The number of nitrogens with zero attached hydrogens (tertiary/aromatic N) is 3. The fourth-order valence-electron chi connectivity index (χ4n) is 0.133. The monoisotopic (exact) mass is 100 g/mol. The van der Waals surface area contributed by atoms with Crippen LogP contribution in [0.3, 0.4) is 0 Å². The van der Waals surface area contributed by atoms with Crippen molar-refractivity contribution in [3.8, 4) is 0 Å². The van der Waals surface area contributed by atoms with Gasteiger partial charge in [0.1, 0.15) is 6.34 Å². The Hall–Kier alpha value is -1.06. The maximum Gasteiger partial charge on any atom is 0.131 e. The zero-order chi connectivity index (χ0) is 5.70. The predicted octanol–water partition coefficient (Wildman–Crippen LogP) is -0.564. The number of nitrogens with two attached hydrogens (primary N) is 1. The molecule has 0 atom stereocenters. The van der Waals surface area contributed by atoms with E-state index in [9.17, 15) is 0 Å². The van der Waals surface area contributed by atoms with Gasteiger partial charge in [-0.3, -0.25) is 5.01 Å². The highest BCUT2D eigenvalue weighted by atomic mass is 15.4. The third kappa shape index (κ3) is 2.75. The molecule has 40 valence electrons. The van der Waals surface area contributed by atoms with Gasteiger partial charge in [0.25, 0.3) is 0 Å². The molecule has 0 spiro atoms. The third-order valence-corrected chi connectivity index (χ3v) is 0.457. The van der Waals surface area contributed by atoms with Crippen LogP contribution < -0.4 is 5.84 Å². The van der Waals surface area contributed by atoms with E-state index < -0.39 is 0 Å². The molecule has 0 heterocycles. The third-order valence-electron chi connectivity index (χ3n) is 0.457. The van der Waals surface area contributed by atoms with Crippen LogP contribution in [-0.4, -0.2) is 25.1 Å². The van der Waals surface area contributed by atoms with Crippen molar-refractivity contribution >= 4 is 13.1 Å². The summed E-state index contributed by atoms with van der Waals surface area (Å²) >= 11 is 0. The van der Waals surface area contributed by atoms with Gasteiger partial charge in [0, 0.05) is 13.8 Å². The second kappa shape index (κ2) is 3.14. The lowest BCUT2D eigenvalue weighted by atomic mass is 11.1. The maximum absolute atomic E-state index is 4.74. The molecule has 0 aliphatic carbocycles. The molecule has 0 amide bonds. The molecule has 0 rings (SSSR count). The minimum atomic E-state index is 1.35.